The molecule has 1 saturated heterocycles. The van der Waals surface area contributed by atoms with Crippen molar-refractivity contribution in [1.82, 2.24) is 19.6 Å². The standard InChI is InChI=1S/C18H22N4O3/c1-14-12-16(20(2)19-14)17(23)21-8-10-22(11-9-21)18(24)25-13-15-6-4-3-5-7-15/h3-7,12H,8-11,13H2,1-2H3. The Morgan fingerprint density at radius 3 is 2.32 bits per heavy atom. The van der Waals surface area contributed by atoms with Gasteiger partial charge in [-0.2, -0.15) is 5.10 Å². The van der Waals surface area contributed by atoms with Crippen molar-refractivity contribution in [2.75, 3.05) is 26.2 Å². The summed E-state index contributed by atoms with van der Waals surface area (Å²) in [5.41, 5.74) is 2.34. The Morgan fingerprint density at radius 2 is 1.72 bits per heavy atom. The number of carbonyl (C=O) groups excluding carboxylic acids is 2. The normalized spacial score (nSPS) is 14.5. The van der Waals surface area contributed by atoms with Crippen molar-refractivity contribution < 1.29 is 14.3 Å². The topological polar surface area (TPSA) is 67.7 Å². The molecule has 0 N–H and O–H groups in total. The third-order valence-corrected chi connectivity index (χ3v) is 4.25. The molecule has 1 aromatic heterocycles. The van der Waals surface area contributed by atoms with Crippen LogP contribution in [0.3, 0.4) is 0 Å². The SMILES string of the molecule is Cc1cc(C(=O)N2CCN(C(=O)OCc3ccccc3)CC2)n(C)n1. The summed E-state index contributed by atoms with van der Waals surface area (Å²) < 4.78 is 6.94. The fourth-order valence-corrected chi connectivity index (χ4v) is 2.88. The Labute approximate surface area is 146 Å². The minimum atomic E-state index is -0.340. The number of aryl methyl sites for hydroxylation is 2. The zero-order chi connectivity index (χ0) is 17.8. The summed E-state index contributed by atoms with van der Waals surface area (Å²) in [6.45, 7) is 4.03. The van der Waals surface area contributed by atoms with Crippen LogP contribution in [0.2, 0.25) is 0 Å². The summed E-state index contributed by atoms with van der Waals surface area (Å²) >= 11 is 0. The van der Waals surface area contributed by atoms with Gasteiger partial charge in [0.15, 0.2) is 0 Å². The van der Waals surface area contributed by atoms with Gasteiger partial charge in [0.2, 0.25) is 0 Å². The molecular formula is C18H22N4O3. The largest absolute Gasteiger partial charge is 0.445 e. The number of hydrogen-bond donors (Lipinski definition) is 0. The second-order valence-corrected chi connectivity index (χ2v) is 6.11. The highest BCUT2D eigenvalue weighted by Crippen LogP contribution is 2.11. The van der Waals surface area contributed by atoms with Crippen molar-refractivity contribution in [3.63, 3.8) is 0 Å². The zero-order valence-corrected chi connectivity index (χ0v) is 14.5. The fourth-order valence-electron chi connectivity index (χ4n) is 2.88. The van der Waals surface area contributed by atoms with Crippen molar-refractivity contribution in [2.45, 2.75) is 13.5 Å². The lowest BCUT2D eigenvalue weighted by atomic mass is 10.2. The Morgan fingerprint density at radius 1 is 1.08 bits per heavy atom. The third kappa shape index (κ3) is 3.99. The Balaban J connectivity index is 1.50. The van der Waals surface area contributed by atoms with Crippen LogP contribution in [-0.2, 0) is 18.4 Å². The Bertz CT molecular complexity index is 749. The van der Waals surface area contributed by atoms with Crippen molar-refractivity contribution >= 4 is 12.0 Å². The van der Waals surface area contributed by atoms with Crippen LogP contribution in [-0.4, -0.2) is 57.8 Å². The maximum absolute atomic E-state index is 12.6. The van der Waals surface area contributed by atoms with E-state index in [4.69, 9.17) is 4.74 Å². The second kappa shape index (κ2) is 7.38. The maximum Gasteiger partial charge on any atom is 0.410 e. The van der Waals surface area contributed by atoms with Gasteiger partial charge in [-0.05, 0) is 18.6 Å². The van der Waals surface area contributed by atoms with Crippen molar-refractivity contribution in [3.8, 4) is 0 Å². The van der Waals surface area contributed by atoms with Gasteiger partial charge < -0.3 is 14.5 Å². The highest BCUT2D eigenvalue weighted by molar-refractivity contribution is 5.92. The molecule has 0 bridgehead atoms. The van der Waals surface area contributed by atoms with E-state index in [1.54, 1.807) is 27.6 Å². The molecule has 0 aliphatic carbocycles. The van der Waals surface area contributed by atoms with Crippen LogP contribution < -0.4 is 0 Å². The van der Waals surface area contributed by atoms with Crippen LogP contribution in [0.15, 0.2) is 36.4 Å². The first-order valence-corrected chi connectivity index (χ1v) is 8.30. The van der Waals surface area contributed by atoms with E-state index in [1.807, 2.05) is 37.3 Å². The lowest BCUT2D eigenvalue weighted by molar-refractivity contribution is 0.0536. The first-order valence-electron chi connectivity index (χ1n) is 8.30. The number of carbonyl (C=O) groups is 2. The molecule has 132 valence electrons. The average molecular weight is 342 g/mol. The smallest absolute Gasteiger partial charge is 0.410 e. The van der Waals surface area contributed by atoms with Crippen LogP contribution >= 0.6 is 0 Å². The summed E-state index contributed by atoms with van der Waals surface area (Å²) in [6, 6.07) is 11.4. The predicted molar refractivity (Wildman–Crippen MR) is 92.0 cm³/mol. The van der Waals surface area contributed by atoms with Crippen LogP contribution in [0, 0.1) is 6.92 Å². The highest BCUT2D eigenvalue weighted by Gasteiger charge is 2.27. The van der Waals surface area contributed by atoms with Crippen LogP contribution in [0.1, 0.15) is 21.7 Å². The molecule has 3 rings (SSSR count). The Kier molecular flexibility index (Phi) is 5.02. The van der Waals surface area contributed by atoms with Gasteiger partial charge in [0.1, 0.15) is 12.3 Å². The molecule has 2 heterocycles. The van der Waals surface area contributed by atoms with Crippen molar-refractivity contribution in [2.24, 2.45) is 7.05 Å². The maximum atomic E-state index is 12.6. The summed E-state index contributed by atoms with van der Waals surface area (Å²) in [5, 5.41) is 4.21. The zero-order valence-electron chi connectivity index (χ0n) is 14.5. The summed E-state index contributed by atoms with van der Waals surface area (Å²) in [7, 11) is 1.76. The molecule has 1 fully saturated rings. The van der Waals surface area contributed by atoms with Gasteiger partial charge in [0, 0.05) is 33.2 Å². The quantitative estimate of drug-likeness (QED) is 0.853. The molecule has 25 heavy (non-hydrogen) atoms. The first-order chi connectivity index (χ1) is 12.0. The molecule has 0 unspecified atom stereocenters. The monoisotopic (exact) mass is 342 g/mol. The van der Waals surface area contributed by atoms with E-state index in [1.165, 1.54) is 0 Å². The third-order valence-electron chi connectivity index (χ3n) is 4.25. The number of benzene rings is 1. The highest BCUT2D eigenvalue weighted by atomic mass is 16.6. The lowest BCUT2D eigenvalue weighted by Crippen LogP contribution is -2.51. The number of rotatable bonds is 3. The van der Waals surface area contributed by atoms with E-state index in [9.17, 15) is 9.59 Å². The van der Waals surface area contributed by atoms with Gasteiger partial charge in [-0.3, -0.25) is 9.48 Å². The number of amides is 2. The predicted octanol–water partition coefficient (Wildman–Crippen LogP) is 1.82. The number of nitrogens with zero attached hydrogens (tertiary/aromatic N) is 4. The number of piperazine rings is 1. The molecule has 2 aromatic rings. The minimum absolute atomic E-state index is 0.0552. The number of hydrogen-bond acceptors (Lipinski definition) is 4. The van der Waals surface area contributed by atoms with E-state index in [-0.39, 0.29) is 18.6 Å². The summed E-state index contributed by atoms with van der Waals surface area (Å²) in [5.74, 6) is -0.0552. The van der Waals surface area contributed by atoms with E-state index in [0.29, 0.717) is 31.9 Å². The molecule has 0 saturated carbocycles. The number of ether oxygens (including phenoxy) is 1. The van der Waals surface area contributed by atoms with Crippen LogP contribution in [0.4, 0.5) is 4.79 Å². The van der Waals surface area contributed by atoms with Crippen LogP contribution in [0.5, 0.6) is 0 Å². The van der Waals surface area contributed by atoms with Gasteiger partial charge in [-0.1, -0.05) is 30.3 Å². The summed E-state index contributed by atoms with van der Waals surface area (Å²) in [4.78, 5) is 28.1. The second-order valence-electron chi connectivity index (χ2n) is 6.11. The molecule has 0 spiro atoms. The number of aromatic nitrogens is 2. The molecule has 0 atom stereocenters. The average Bonchev–Trinajstić information content (AvgIpc) is 2.98. The minimum Gasteiger partial charge on any atom is -0.445 e. The molecule has 1 aliphatic heterocycles. The molecule has 0 radical (unpaired) electrons. The van der Waals surface area contributed by atoms with Gasteiger partial charge in [-0.25, -0.2) is 4.79 Å². The molecule has 1 aromatic carbocycles. The molecule has 7 nitrogen and oxygen atoms in total. The molecule has 2 amide bonds. The van der Waals surface area contributed by atoms with Gasteiger partial charge >= 0.3 is 6.09 Å². The first kappa shape index (κ1) is 17.0. The fraction of sp³-hybridized carbons (Fsp3) is 0.389. The van der Waals surface area contributed by atoms with Crippen molar-refractivity contribution in [1.29, 1.82) is 0 Å². The van der Waals surface area contributed by atoms with Gasteiger partial charge in [-0.15, -0.1) is 0 Å². The van der Waals surface area contributed by atoms with E-state index >= 15 is 0 Å². The summed E-state index contributed by atoms with van der Waals surface area (Å²) in [6.07, 6.45) is -0.340. The van der Waals surface area contributed by atoms with E-state index in [2.05, 4.69) is 5.10 Å². The van der Waals surface area contributed by atoms with Gasteiger partial charge in [0.05, 0.1) is 5.69 Å². The van der Waals surface area contributed by atoms with E-state index in [0.717, 1.165) is 11.3 Å². The molecular weight excluding hydrogens is 320 g/mol. The Hall–Kier alpha value is -2.83. The molecule has 7 heteroatoms. The van der Waals surface area contributed by atoms with Gasteiger partial charge in [0.25, 0.3) is 5.91 Å². The van der Waals surface area contributed by atoms with E-state index < -0.39 is 0 Å². The van der Waals surface area contributed by atoms with Crippen molar-refractivity contribution in [3.05, 3.63) is 53.3 Å². The van der Waals surface area contributed by atoms with Crippen LogP contribution in [0.25, 0.3) is 0 Å². The molecule has 1 aliphatic rings. The lowest BCUT2D eigenvalue weighted by Gasteiger charge is -2.34.